The predicted molar refractivity (Wildman–Crippen MR) is 87.6 cm³/mol. The van der Waals surface area contributed by atoms with Crippen LogP contribution in [0, 0.1) is 0 Å². The van der Waals surface area contributed by atoms with Crippen LogP contribution in [0.3, 0.4) is 0 Å². The van der Waals surface area contributed by atoms with E-state index in [4.69, 9.17) is 14.2 Å². The van der Waals surface area contributed by atoms with Crippen LogP contribution >= 0.6 is 0 Å². The molecule has 0 aromatic heterocycles. The molecule has 0 saturated heterocycles. The number of phenolic OH excluding ortho intramolecular Hbond substituents is 1. The highest BCUT2D eigenvalue weighted by molar-refractivity contribution is 6.07. The Balaban J connectivity index is 2.40. The summed E-state index contributed by atoms with van der Waals surface area (Å²) >= 11 is 0. The summed E-state index contributed by atoms with van der Waals surface area (Å²) in [7, 11) is 4.59. The van der Waals surface area contributed by atoms with Crippen molar-refractivity contribution in [2.45, 2.75) is 0 Å². The van der Waals surface area contributed by atoms with Gasteiger partial charge in [0.05, 0.1) is 26.9 Å². The number of methoxy groups -OCH3 is 3. The lowest BCUT2D eigenvalue weighted by molar-refractivity contribution is 0.104. The van der Waals surface area contributed by atoms with E-state index in [0.29, 0.717) is 28.4 Å². The van der Waals surface area contributed by atoms with Gasteiger partial charge in [0.1, 0.15) is 11.5 Å². The first-order chi connectivity index (χ1) is 11.1. The fourth-order valence-electron chi connectivity index (χ4n) is 2.18. The third-order valence-electron chi connectivity index (χ3n) is 3.30. The highest BCUT2D eigenvalue weighted by Crippen LogP contribution is 2.38. The van der Waals surface area contributed by atoms with Crippen molar-refractivity contribution in [2.24, 2.45) is 0 Å². The highest BCUT2D eigenvalue weighted by Gasteiger charge is 2.14. The molecule has 0 unspecified atom stereocenters. The lowest BCUT2D eigenvalue weighted by Crippen LogP contribution is -1.97. The van der Waals surface area contributed by atoms with Crippen molar-refractivity contribution in [3.8, 4) is 23.0 Å². The minimum Gasteiger partial charge on any atom is -0.508 e. The number of ether oxygens (including phenoxy) is 3. The van der Waals surface area contributed by atoms with E-state index in [0.717, 1.165) is 0 Å². The molecule has 2 aromatic rings. The molecule has 0 saturated carbocycles. The van der Waals surface area contributed by atoms with Gasteiger partial charge in [0, 0.05) is 5.56 Å². The van der Waals surface area contributed by atoms with Crippen LogP contribution < -0.4 is 14.2 Å². The fourth-order valence-corrected chi connectivity index (χ4v) is 2.18. The van der Waals surface area contributed by atoms with Gasteiger partial charge < -0.3 is 19.3 Å². The van der Waals surface area contributed by atoms with E-state index in [9.17, 15) is 9.90 Å². The van der Waals surface area contributed by atoms with Crippen LogP contribution in [-0.2, 0) is 0 Å². The first-order valence-electron chi connectivity index (χ1n) is 6.91. The minimum absolute atomic E-state index is 0.0424. The second-order valence-corrected chi connectivity index (χ2v) is 4.66. The predicted octanol–water partition coefficient (Wildman–Crippen LogP) is 3.31. The van der Waals surface area contributed by atoms with Crippen LogP contribution in [0.25, 0.3) is 6.08 Å². The Morgan fingerprint density at radius 3 is 2.30 bits per heavy atom. The molecule has 1 N–H and O–H groups in total. The number of allylic oxidation sites excluding steroid dienone is 1. The molecular weight excluding hydrogens is 296 g/mol. The number of aromatic hydroxyl groups is 1. The average molecular weight is 314 g/mol. The van der Waals surface area contributed by atoms with Crippen molar-refractivity contribution in [1.82, 2.24) is 0 Å². The minimum atomic E-state index is -0.243. The molecule has 0 bridgehead atoms. The number of carbonyl (C=O) groups excluding carboxylic acids is 1. The molecule has 0 aliphatic rings. The van der Waals surface area contributed by atoms with E-state index in [1.165, 1.54) is 39.5 Å². The first kappa shape index (κ1) is 16.4. The quantitative estimate of drug-likeness (QED) is 0.654. The third kappa shape index (κ3) is 3.63. The number of rotatable bonds is 6. The van der Waals surface area contributed by atoms with Gasteiger partial charge in [-0.3, -0.25) is 4.79 Å². The zero-order chi connectivity index (χ0) is 16.8. The largest absolute Gasteiger partial charge is 0.508 e. The number of phenols is 1. The standard InChI is InChI=1S/C18H18O5/c1-21-16-9-10-17(22-2)18(23-3)14(16)7-8-15(20)12-5-4-6-13(19)11-12/h4-11,19H,1-3H3/b8-7+. The Morgan fingerprint density at radius 1 is 1.00 bits per heavy atom. The van der Waals surface area contributed by atoms with Crippen LogP contribution in [0.1, 0.15) is 15.9 Å². The Bertz CT molecular complexity index is 734. The van der Waals surface area contributed by atoms with E-state index in [1.54, 1.807) is 30.3 Å². The molecule has 5 heteroatoms. The Morgan fingerprint density at radius 2 is 1.70 bits per heavy atom. The van der Waals surface area contributed by atoms with Gasteiger partial charge in [-0.1, -0.05) is 12.1 Å². The third-order valence-corrected chi connectivity index (χ3v) is 3.30. The van der Waals surface area contributed by atoms with Gasteiger partial charge in [0.15, 0.2) is 17.3 Å². The lowest BCUT2D eigenvalue weighted by atomic mass is 10.1. The van der Waals surface area contributed by atoms with Gasteiger partial charge in [-0.25, -0.2) is 0 Å². The molecule has 120 valence electrons. The summed E-state index contributed by atoms with van der Waals surface area (Å²) in [6.07, 6.45) is 3.00. The van der Waals surface area contributed by atoms with Gasteiger partial charge in [-0.05, 0) is 36.4 Å². The summed E-state index contributed by atoms with van der Waals surface area (Å²) in [5.74, 6) is 1.38. The summed E-state index contributed by atoms with van der Waals surface area (Å²) in [5, 5.41) is 9.45. The molecule has 0 aliphatic heterocycles. The van der Waals surface area contributed by atoms with Crippen LogP contribution in [0.4, 0.5) is 0 Å². The molecule has 0 radical (unpaired) electrons. The van der Waals surface area contributed by atoms with E-state index in [1.807, 2.05) is 0 Å². The summed E-state index contributed by atoms with van der Waals surface area (Å²) in [5.41, 5.74) is 0.991. The maximum Gasteiger partial charge on any atom is 0.185 e. The molecule has 5 nitrogen and oxygen atoms in total. The van der Waals surface area contributed by atoms with E-state index in [-0.39, 0.29) is 11.5 Å². The maximum atomic E-state index is 12.2. The number of hydrogen-bond donors (Lipinski definition) is 1. The van der Waals surface area contributed by atoms with Gasteiger partial charge in [0.25, 0.3) is 0 Å². The molecular formula is C18H18O5. The molecule has 2 rings (SSSR count). The van der Waals surface area contributed by atoms with Gasteiger partial charge in [-0.15, -0.1) is 0 Å². The summed E-state index contributed by atoms with van der Waals surface area (Å²) in [4.78, 5) is 12.2. The van der Waals surface area contributed by atoms with E-state index < -0.39 is 0 Å². The van der Waals surface area contributed by atoms with Gasteiger partial charge >= 0.3 is 0 Å². The average Bonchev–Trinajstić information content (AvgIpc) is 2.58. The van der Waals surface area contributed by atoms with E-state index in [2.05, 4.69) is 0 Å². The van der Waals surface area contributed by atoms with Crippen LogP contribution in [0.2, 0.25) is 0 Å². The van der Waals surface area contributed by atoms with Crippen LogP contribution in [0.15, 0.2) is 42.5 Å². The SMILES string of the molecule is COc1ccc(OC)c(OC)c1/C=C/C(=O)c1cccc(O)c1. The second kappa shape index (κ2) is 7.35. The number of carbonyl (C=O) groups is 1. The maximum absolute atomic E-state index is 12.2. The molecule has 0 aliphatic carbocycles. The van der Waals surface area contributed by atoms with Crippen molar-refractivity contribution in [2.75, 3.05) is 21.3 Å². The van der Waals surface area contributed by atoms with Crippen molar-refractivity contribution in [3.63, 3.8) is 0 Å². The van der Waals surface area contributed by atoms with E-state index >= 15 is 0 Å². The van der Waals surface area contributed by atoms with Crippen molar-refractivity contribution >= 4 is 11.9 Å². The molecule has 0 heterocycles. The smallest absolute Gasteiger partial charge is 0.185 e. The van der Waals surface area contributed by atoms with Gasteiger partial charge in [-0.2, -0.15) is 0 Å². The number of hydrogen-bond acceptors (Lipinski definition) is 5. The zero-order valence-electron chi connectivity index (χ0n) is 13.2. The molecule has 0 spiro atoms. The molecule has 23 heavy (non-hydrogen) atoms. The van der Waals surface area contributed by atoms with Crippen molar-refractivity contribution < 1.29 is 24.1 Å². The number of benzene rings is 2. The highest BCUT2D eigenvalue weighted by atomic mass is 16.5. The number of ketones is 1. The topological polar surface area (TPSA) is 65.0 Å². The summed E-state index contributed by atoms with van der Waals surface area (Å²) < 4.78 is 15.9. The van der Waals surface area contributed by atoms with Crippen molar-refractivity contribution in [3.05, 3.63) is 53.6 Å². The molecule has 2 aromatic carbocycles. The summed E-state index contributed by atoms with van der Waals surface area (Å²) in [6, 6.07) is 9.63. The second-order valence-electron chi connectivity index (χ2n) is 4.66. The van der Waals surface area contributed by atoms with Crippen molar-refractivity contribution in [1.29, 1.82) is 0 Å². The Hall–Kier alpha value is -2.95. The van der Waals surface area contributed by atoms with Crippen LogP contribution in [0.5, 0.6) is 23.0 Å². The Labute approximate surface area is 134 Å². The molecule has 0 fully saturated rings. The molecule has 0 amide bonds. The zero-order valence-corrected chi connectivity index (χ0v) is 13.2. The normalized spacial score (nSPS) is 10.6. The lowest BCUT2D eigenvalue weighted by Gasteiger charge is -2.13. The monoisotopic (exact) mass is 314 g/mol. The first-order valence-corrected chi connectivity index (χ1v) is 6.91. The molecule has 0 atom stereocenters. The summed E-state index contributed by atoms with van der Waals surface area (Å²) in [6.45, 7) is 0. The van der Waals surface area contributed by atoms with Crippen LogP contribution in [-0.4, -0.2) is 32.2 Å². The fraction of sp³-hybridized carbons (Fsp3) is 0.167. The van der Waals surface area contributed by atoms with Gasteiger partial charge in [0.2, 0.25) is 0 Å². The Kier molecular flexibility index (Phi) is 5.25.